The Bertz CT molecular complexity index is 192. The van der Waals surface area contributed by atoms with E-state index in [0.717, 1.165) is 19.4 Å². The molecule has 0 aliphatic rings. The average Bonchev–Trinajstić information content (AvgIpc) is 2.09. The molecule has 0 rings (SSSR count). The maximum Gasteiger partial charge on any atom is 0.191 e. The fourth-order valence-electron chi connectivity index (χ4n) is 0.909. The number of rotatable bonds is 6. The zero-order valence-corrected chi connectivity index (χ0v) is 11.8. The van der Waals surface area contributed by atoms with Crippen LogP contribution in [0, 0.1) is 0 Å². The van der Waals surface area contributed by atoms with Crippen molar-refractivity contribution >= 4 is 8.32 Å². The highest BCUT2D eigenvalue weighted by molar-refractivity contribution is 6.74. The van der Waals surface area contributed by atoms with Gasteiger partial charge in [0, 0.05) is 13.2 Å². The summed E-state index contributed by atoms with van der Waals surface area (Å²) < 4.78 is 6.00. The van der Waals surface area contributed by atoms with Gasteiger partial charge in [-0.2, -0.15) is 0 Å². The van der Waals surface area contributed by atoms with Crippen LogP contribution in [0.1, 0.15) is 33.6 Å². The van der Waals surface area contributed by atoms with Gasteiger partial charge in [0.15, 0.2) is 8.32 Å². The van der Waals surface area contributed by atoms with Crippen LogP contribution in [0.3, 0.4) is 0 Å². The van der Waals surface area contributed by atoms with Crippen LogP contribution in [-0.4, -0.2) is 26.6 Å². The van der Waals surface area contributed by atoms with Crippen molar-refractivity contribution in [2.45, 2.75) is 51.7 Å². The molecule has 0 amide bonds. The second-order valence-corrected chi connectivity index (χ2v) is 10.2. The van der Waals surface area contributed by atoms with Crippen LogP contribution in [0.4, 0.5) is 0 Å². The van der Waals surface area contributed by atoms with E-state index in [1.54, 1.807) is 0 Å². The Labute approximate surface area is 95.5 Å². The third kappa shape index (κ3) is 6.13. The topological polar surface area (TPSA) is 29.5 Å². The van der Waals surface area contributed by atoms with Crippen molar-refractivity contribution in [2.24, 2.45) is 0 Å². The van der Waals surface area contributed by atoms with Crippen LogP contribution in [0.2, 0.25) is 18.1 Å². The van der Waals surface area contributed by atoms with Gasteiger partial charge in [0.05, 0.1) is 0 Å². The molecule has 0 saturated carbocycles. The molecule has 90 valence electrons. The zero-order chi connectivity index (χ0) is 11.9. The molecule has 0 atom stereocenters. The van der Waals surface area contributed by atoms with Crippen LogP contribution in [0.25, 0.3) is 0 Å². The summed E-state index contributed by atoms with van der Waals surface area (Å²) in [7, 11) is -1.56. The van der Waals surface area contributed by atoms with E-state index in [9.17, 15) is 0 Å². The molecule has 0 heterocycles. The van der Waals surface area contributed by atoms with Crippen molar-refractivity contribution in [1.82, 2.24) is 0 Å². The fraction of sp³-hybridized carbons (Fsp3) is 0.833. The highest BCUT2D eigenvalue weighted by Gasteiger charge is 2.36. The van der Waals surface area contributed by atoms with Gasteiger partial charge in [-0.15, -0.1) is 0 Å². The molecule has 0 unspecified atom stereocenters. The molecule has 0 aliphatic carbocycles. The lowest BCUT2D eigenvalue weighted by atomic mass is 10.2. The van der Waals surface area contributed by atoms with Crippen molar-refractivity contribution in [3.63, 3.8) is 0 Å². The zero-order valence-electron chi connectivity index (χ0n) is 10.8. The van der Waals surface area contributed by atoms with E-state index >= 15 is 0 Å². The number of aliphatic hydroxyl groups is 1. The van der Waals surface area contributed by atoms with E-state index in [0.29, 0.717) is 5.04 Å². The van der Waals surface area contributed by atoms with Gasteiger partial charge < -0.3 is 9.53 Å². The van der Waals surface area contributed by atoms with Crippen LogP contribution in [0.5, 0.6) is 0 Å². The lowest BCUT2D eigenvalue weighted by molar-refractivity contribution is 0.293. The standard InChI is InChI=1S/C12H26O2Si/c1-12(2,3)15(4,5)14-11-9-7-6-8-10-13/h6-7,13H,8-11H2,1-5H3. The summed E-state index contributed by atoms with van der Waals surface area (Å²) in [4.78, 5) is 0. The predicted molar refractivity (Wildman–Crippen MR) is 68.6 cm³/mol. The van der Waals surface area contributed by atoms with Gasteiger partial charge in [-0.1, -0.05) is 32.9 Å². The van der Waals surface area contributed by atoms with E-state index in [1.807, 2.05) is 6.08 Å². The van der Waals surface area contributed by atoms with Gasteiger partial charge in [-0.25, -0.2) is 0 Å². The van der Waals surface area contributed by atoms with Gasteiger partial charge >= 0.3 is 0 Å². The van der Waals surface area contributed by atoms with Crippen LogP contribution < -0.4 is 0 Å². The second-order valence-electron chi connectivity index (χ2n) is 5.38. The summed E-state index contributed by atoms with van der Waals surface area (Å²) in [5.74, 6) is 0. The van der Waals surface area contributed by atoms with Crippen molar-refractivity contribution < 1.29 is 9.53 Å². The SMILES string of the molecule is CC(C)(C)[Si](C)(C)OCCC=CCCO. The Balaban J connectivity index is 3.76. The molecular formula is C12H26O2Si. The van der Waals surface area contributed by atoms with Crippen LogP contribution >= 0.6 is 0 Å². The minimum atomic E-state index is -1.56. The van der Waals surface area contributed by atoms with Gasteiger partial charge in [-0.3, -0.25) is 0 Å². The van der Waals surface area contributed by atoms with Gasteiger partial charge in [0.25, 0.3) is 0 Å². The predicted octanol–water partition coefficient (Wildman–Crippen LogP) is 3.34. The molecule has 0 aliphatic heterocycles. The summed E-state index contributed by atoms with van der Waals surface area (Å²) in [5.41, 5.74) is 0. The third-order valence-electron chi connectivity index (χ3n) is 3.02. The van der Waals surface area contributed by atoms with Crippen molar-refractivity contribution in [3.05, 3.63) is 12.2 Å². The second kappa shape index (κ2) is 6.46. The Morgan fingerprint density at radius 3 is 2.13 bits per heavy atom. The van der Waals surface area contributed by atoms with Gasteiger partial charge in [-0.05, 0) is 31.0 Å². The lowest BCUT2D eigenvalue weighted by Gasteiger charge is -2.36. The van der Waals surface area contributed by atoms with Crippen LogP contribution in [0.15, 0.2) is 12.2 Å². The highest BCUT2D eigenvalue weighted by atomic mass is 28.4. The number of aliphatic hydroxyl groups excluding tert-OH is 1. The van der Waals surface area contributed by atoms with Crippen molar-refractivity contribution in [2.75, 3.05) is 13.2 Å². The summed E-state index contributed by atoms with van der Waals surface area (Å²) in [6.07, 6.45) is 5.80. The summed E-state index contributed by atoms with van der Waals surface area (Å²) in [5, 5.41) is 8.88. The summed E-state index contributed by atoms with van der Waals surface area (Å²) in [6.45, 7) is 12.3. The number of hydrogen-bond acceptors (Lipinski definition) is 2. The average molecular weight is 230 g/mol. The Hall–Kier alpha value is -0.123. The minimum Gasteiger partial charge on any atom is -0.417 e. The molecule has 0 spiro atoms. The lowest BCUT2D eigenvalue weighted by Crippen LogP contribution is -2.40. The van der Waals surface area contributed by atoms with Gasteiger partial charge in [0.2, 0.25) is 0 Å². The van der Waals surface area contributed by atoms with E-state index < -0.39 is 8.32 Å². The normalized spacial score (nSPS) is 13.7. The van der Waals surface area contributed by atoms with E-state index in [4.69, 9.17) is 9.53 Å². The first-order chi connectivity index (χ1) is 6.81. The van der Waals surface area contributed by atoms with E-state index in [1.165, 1.54) is 0 Å². The molecule has 0 fully saturated rings. The van der Waals surface area contributed by atoms with Crippen molar-refractivity contribution in [1.29, 1.82) is 0 Å². The Morgan fingerprint density at radius 1 is 1.13 bits per heavy atom. The third-order valence-corrected chi connectivity index (χ3v) is 7.55. The molecule has 3 heteroatoms. The Morgan fingerprint density at radius 2 is 1.67 bits per heavy atom. The van der Waals surface area contributed by atoms with Crippen LogP contribution in [-0.2, 0) is 4.43 Å². The summed E-state index contributed by atoms with van der Waals surface area (Å²) in [6, 6.07) is 0. The maximum atomic E-state index is 8.58. The monoisotopic (exact) mass is 230 g/mol. The number of hydrogen-bond donors (Lipinski definition) is 1. The van der Waals surface area contributed by atoms with E-state index in [-0.39, 0.29) is 6.61 Å². The largest absolute Gasteiger partial charge is 0.417 e. The molecule has 0 aromatic rings. The smallest absolute Gasteiger partial charge is 0.191 e. The molecule has 15 heavy (non-hydrogen) atoms. The first-order valence-electron chi connectivity index (χ1n) is 5.71. The first kappa shape index (κ1) is 14.9. The van der Waals surface area contributed by atoms with Gasteiger partial charge in [0.1, 0.15) is 0 Å². The van der Waals surface area contributed by atoms with Crippen molar-refractivity contribution in [3.8, 4) is 0 Å². The molecule has 0 aromatic carbocycles. The molecule has 0 saturated heterocycles. The quantitative estimate of drug-likeness (QED) is 0.431. The molecule has 2 nitrogen and oxygen atoms in total. The molecule has 0 bridgehead atoms. The molecular weight excluding hydrogens is 204 g/mol. The molecule has 0 radical (unpaired) electrons. The maximum absolute atomic E-state index is 8.58. The summed E-state index contributed by atoms with van der Waals surface area (Å²) >= 11 is 0. The Kier molecular flexibility index (Phi) is 6.40. The van der Waals surface area contributed by atoms with E-state index in [2.05, 4.69) is 39.9 Å². The molecule has 1 N–H and O–H groups in total. The fourth-order valence-corrected chi connectivity index (χ4v) is 1.97. The highest BCUT2D eigenvalue weighted by Crippen LogP contribution is 2.36. The minimum absolute atomic E-state index is 0.236. The first-order valence-corrected chi connectivity index (χ1v) is 8.62. The molecule has 0 aromatic heterocycles.